The first kappa shape index (κ1) is 13.6. The van der Waals surface area contributed by atoms with Gasteiger partial charge >= 0.3 is 7.79 Å². The van der Waals surface area contributed by atoms with E-state index in [0.29, 0.717) is 5.56 Å². The molecular formula is C8H8ClF3N2O. The standard InChI is InChI=1S/C8H7F3N2O.ClH/c9-8(10,11)14-6-3-1-5(2-4-6)7(12)13;/h1-4H,(H3,12,13);1H. The molecule has 0 aromatic heterocycles. The molecule has 15 heavy (non-hydrogen) atoms. The summed E-state index contributed by atoms with van der Waals surface area (Å²) in [4.78, 5) is 0. The smallest absolute Gasteiger partial charge is 1.00 e. The van der Waals surface area contributed by atoms with E-state index in [-0.39, 0.29) is 25.4 Å². The van der Waals surface area contributed by atoms with Gasteiger partial charge in [0.05, 0.1) is 0 Å². The second-order valence-electron chi connectivity index (χ2n) is 2.49. The van der Waals surface area contributed by atoms with E-state index in [9.17, 15) is 13.2 Å². The van der Waals surface area contributed by atoms with Crippen LogP contribution in [0.2, 0.25) is 0 Å². The second-order valence-corrected chi connectivity index (χ2v) is 2.49. The van der Waals surface area contributed by atoms with E-state index in [2.05, 4.69) is 4.74 Å². The number of nitrogens with one attached hydrogen (secondary N) is 1. The fraction of sp³-hybridized carbons (Fsp3) is 0.125. The Hall–Kier alpha value is -1.43. The Morgan fingerprint density at radius 2 is 1.73 bits per heavy atom. The largest absolute Gasteiger partial charge is 1.00 e. The van der Waals surface area contributed by atoms with Gasteiger partial charge in [-0.05, 0) is 24.3 Å². The molecule has 1 rings (SSSR count). The van der Waals surface area contributed by atoms with Crippen LogP contribution >= 0.6 is 0 Å². The third kappa shape index (κ3) is 4.55. The van der Waals surface area contributed by atoms with Gasteiger partial charge in [-0.3, -0.25) is 5.41 Å². The number of hydrogen-bond acceptors (Lipinski definition) is 2. The van der Waals surface area contributed by atoms with Crippen molar-refractivity contribution in [3.8, 4) is 5.75 Å². The average molecular weight is 241 g/mol. The van der Waals surface area contributed by atoms with Gasteiger partial charge in [0.15, 0.2) is 0 Å². The highest BCUT2D eigenvalue weighted by atomic mass is 35.5. The molecule has 0 bridgehead atoms. The Kier molecular flexibility index (Phi) is 4.41. The molecule has 0 atom stereocenters. The third-order valence-corrected chi connectivity index (χ3v) is 1.40. The Morgan fingerprint density at radius 1 is 1.27 bits per heavy atom. The topological polar surface area (TPSA) is 59.1 Å². The highest BCUT2D eigenvalue weighted by molar-refractivity contribution is 5.94. The number of rotatable bonds is 2. The lowest BCUT2D eigenvalue weighted by Gasteiger charge is -2.08. The minimum absolute atomic E-state index is 0. The summed E-state index contributed by atoms with van der Waals surface area (Å²) in [5.74, 6) is -0.536. The van der Waals surface area contributed by atoms with Crippen molar-refractivity contribution in [2.45, 2.75) is 6.36 Å². The van der Waals surface area contributed by atoms with Crippen molar-refractivity contribution in [2.75, 3.05) is 0 Å². The first-order valence-electron chi connectivity index (χ1n) is 3.59. The first-order chi connectivity index (χ1) is 6.38. The van der Waals surface area contributed by atoms with Gasteiger partial charge < -0.3 is 22.9 Å². The number of hydrogen-bond donors (Lipinski definition) is 2. The minimum atomic E-state index is -4.70. The predicted octanol–water partition coefficient (Wildman–Crippen LogP) is -1.01. The molecule has 3 nitrogen and oxygen atoms in total. The third-order valence-electron chi connectivity index (χ3n) is 1.40. The fourth-order valence-corrected chi connectivity index (χ4v) is 0.836. The number of amidine groups is 1. The first-order valence-corrected chi connectivity index (χ1v) is 3.59. The van der Waals surface area contributed by atoms with Crippen LogP contribution in [0.15, 0.2) is 24.3 Å². The van der Waals surface area contributed by atoms with Gasteiger partial charge in [0, 0.05) is 5.56 Å². The van der Waals surface area contributed by atoms with Crippen molar-refractivity contribution in [2.24, 2.45) is 5.73 Å². The molecule has 1 aromatic carbocycles. The summed E-state index contributed by atoms with van der Waals surface area (Å²) in [5, 5.41) is 7.00. The fourth-order valence-electron chi connectivity index (χ4n) is 0.836. The maximum atomic E-state index is 11.7. The van der Waals surface area contributed by atoms with E-state index < -0.39 is 6.36 Å². The zero-order chi connectivity index (χ0) is 10.8. The predicted molar refractivity (Wildman–Crippen MR) is 45.3 cm³/mol. The maximum Gasteiger partial charge on any atom is 1.00 e. The van der Waals surface area contributed by atoms with E-state index in [1.165, 1.54) is 12.1 Å². The van der Waals surface area contributed by atoms with Crippen molar-refractivity contribution in [3.05, 3.63) is 29.8 Å². The van der Waals surface area contributed by atoms with Crippen LogP contribution in [0.1, 0.15) is 6.99 Å². The summed E-state index contributed by atoms with van der Waals surface area (Å²) in [5.41, 5.74) is 5.46. The lowest BCUT2D eigenvalue weighted by atomic mass is 10.2. The Morgan fingerprint density at radius 3 is 2.07 bits per heavy atom. The molecule has 0 aliphatic rings. The molecule has 0 radical (unpaired) electrons. The number of nitrogens with two attached hydrogens (primary N) is 1. The molecule has 84 valence electrons. The van der Waals surface area contributed by atoms with Crippen molar-refractivity contribution >= 4 is 5.84 Å². The lowest BCUT2D eigenvalue weighted by molar-refractivity contribution is -0.274. The number of benzene rings is 1. The summed E-state index contributed by atoms with van der Waals surface area (Å²) in [6.07, 6.45) is -4.70. The average Bonchev–Trinajstić information content (AvgIpc) is 2.02. The summed E-state index contributed by atoms with van der Waals surface area (Å²) in [6, 6.07) is 4.77. The highest BCUT2D eigenvalue weighted by Crippen LogP contribution is 2.22. The van der Waals surface area contributed by atoms with E-state index in [1.54, 1.807) is 0 Å². The van der Waals surface area contributed by atoms with E-state index in [4.69, 9.17) is 11.1 Å². The number of alkyl halides is 3. The van der Waals surface area contributed by atoms with Gasteiger partial charge in [0.25, 0.3) is 0 Å². The van der Waals surface area contributed by atoms with Crippen LogP contribution < -0.4 is 22.9 Å². The zero-order valence-electron chi connectivity index (χ0n) is 8.31. The summed E-state index contributed by atoms with van der Waals surface area (Å²) in [7, 11) is 0. The molecule has 0 aliphatic heterocycles. The van der Waals surface area contributed by atoms with Gasteiger partial charge in [-0.15, -0.1) is 13.2 Å². The van der Waals surface area contributed by atoms with Gasteiger partial charge in [0.1, 0.15) is 11.6 Å². The van der Waals surface area contributed by atoms with Gasteiger partial charge in [0.2, 0.25) is 0 Å². The Labute approximate surface area is 91.4 Å². The summed E-state index contributed by atoms with van der Waals surface area (Å²) in [6.45, 7) is 0. The molecule has 0 heterocycles. The van der Waals surface area contributed by atoms with Gasteiger partial charge in [-0.1, -0.05) is 0 Å². The molecular weight excluding hydrogens is 233 g/mol. The zero-order valence-corrected chi connectivity index (χ0v) is 8.06. The van der Waals surface area contributed by atoms with Crippen LogP contribution in [0, 0.1) is 5.41 Å². The van der Waals surface area contributed by atoms with Gasteiger partial charge in [-0.25, -0.2) is 0 Å². The van der Waals surface area contributed by atoms with Crippen LogP contribution in [0.25, 0.3) is 0 Å². The number of halogens is 4. The second kappa shape index (κ2) is 4.88. The molecule has 0 saturated heterocycles. The molecule has 0 aliphatic carbocycles. The molecule has 0 amide bonds. The van der Waals surface area contributed by atoms with E-state index in [1.807, 2.05) is 0 Å². The molecule has 3 N–H and O–H groups in total. The maximum absolute atomic E-state index is 11.7. The summed E-state index contributed by atoms with van der Waals surface area (Å²) >= 11 is 0. The molecule has 0 fully saturated rings. The van der Waals surface area contributed by atoms with Crippen LogP contribution in [0.4, 0.5) is 13.2 Å². The number of nitrogen functional groups attached to an aromatic ring is 1. The molecule has 1 aromatic rings. The van der Waals surface area contributed by atoms with Crippen LogP contribution in [0.5, 0.6) is 5.75 Å². The van der Waals surface area contributed by atoms with Crippen molar-refractivity contribution in [1.29, 1.82) is 5.41 Å². The van der Waals surface area contributed by atoms with Crippen molar-refractivity contribution < 1.29 is 31.7 Å². The van der Waals surface area contributed by atoms with Gasteiger partial charge in [-0.2, -0.15) is 0 Å². The van der Waals surface area contributed by atoms with Crippen LogP contribution in [-0.4, -0.2) is 12.2 Å². The SMILES string of the molecule is N=C(N)c1ccc(OC(F)(F)F)cc1.[Cl-].[H+]. The molecule has 0 saturated carbocycles. The Balaban J connectivity index is 0. The van der Waals surface area contributed by atoms with Crippen LogP contribution in [-0.2, 0) is 0 Å². The van der Waals surface area contributed by atoms with Crippen molar-refractivity contribution in [3.63, 3.8) is 0 Å². The monoisotopic (exact) mass is 240 g/mol. The van der Waals surface area contributed by atoms with Crippen molar-refractivity contribution in [1.82, 2.24) is 0 Å². The Bertz CT molecular complexity index is 342. The van der Waals surface area contributed by atoms with Crippen LogP contribution in [0.3, 0.4) is 0 Å². The molecule has 0 spiro atoms. The lowest BCUT2D eigenvalue weighted by Crippen LogP contribution is -3.00. The number of ether oxygens (including phenoxy) is 1. The summed E-state index contributed by atoms with van der Waals surface area (Å²) < 4.78 is 38.8. The van der Waals surface area contributed by atoms with E-state index in [0.717, 1.165) is 12.1 Å². The van der Waals surface area contributed by atoms with E-state index >= 15 is 0 Å². The normalized spacial score (nSPS) is 10.3. The highest BCUT2D eigenvalue weighted by Gasteiger charge is 2.30. The molecule has 7 heteroatoms. The quantitative estimate of drug-likeness (QED) is 0.514. The molecule has 0 unspecified atom stereocenters. The minimum Gasteiger partial charge on any atom is -1.00 e.